The molecule has 1 saturated carbocycles. The van der Waals surface area contributed by atoms with Gasteiger partial charge in [0.2, 0.25) is 5.91 Å². The Labute approximate surface area is 251 Å². The molecule has 2 fully saturated rings. The van der Waals surface area contributed by atoms with Gasteiger partial charge in [-0.1, -0.05) is 6.07 Å². The molecule has 43 heavy (non-hydrogen) atoms. The maximum absolute atomic E-state index is 12.9. The van der Waals surface area contributed by atoms with Gasteiger partial charge >= 0.3 is 6.18 Å². The third kappa shape index (κ3) is 6.48. The fourth-order valence-corrected chi connectivity index (χ4v) is 7.53. The van der Waals surface area contributed by atoms with Gasteiger partial charge in [-0.3, -0.25) is 9.69 Å². The van der Waals surface area contributed by atoms with Crippen LogP contribution in [0.15, 0.2) is 30.6 Å². The van der Waals surface area contributed by atoms with Gasteiger partial charge in [0.1, 0.15) is 28.7 Å². The SMILES string of the molecule is CC(=O)N[C@H]1C[C@@H](Cn2c(C#N)cc3c(C)c(CN4CCC(Nc5ncnc6sc(CC(F)(F)F)cc56)CC4)ccc32)C1. The highest BCUT2D eigenvalue weighted by Crippen LogP contribution is 2.35. The Balaban J connectivity index is 1.08. The van der Waals surface area contributed by atoms with E-state index in [1.54, 1.807) is 13.0 Å². The molecule has 2 aliphatic rings. The summed E-state index contributed by atoms with van der Waals surface area (Å²) in [5, 5.41) is 18.1. The number of piperidine rings is 1. The number of aryl methyl sites for hydroxylation is 1. The molecule has 3 aromatic heterocycles. The minimum atomic E-state index is -4.25. The molecule has 1 saturated heterocycles. The van der Waals surface area contributed by atoms with Crippen LogP contribution < -0.4 is 10.6 Å². The van der Waals surface area contributed by atoms with Crippen molar-refractivity contribution in [1.29, 1.82) is 5.26 Å². The summed E-state index contributed by atoms with van der Waals surface area (Å²) in [6, 6.07) is 10.6. The molecule has 1 aromatic carbocycles. The van der Waals surface area contributed by atoms with Crippen LogP contribution in [0.5, 0.6) is 0 Å². The van der Waals surface area contributed by atoms with Crippen LogP contribution in [-0.2, 0) is 24.3 Å². The number of benzene rings is 1. The number of halogens is 3. The normalized spacial score (nSPS) is 19.8. The second kappa shape index (κ2) is 11.8. The molecule has 6 rings (SSSR count). The zero-order valence-electron chi connectivity index (χ0n) is 24.2. The number of anilines is 1. The average Bonchev–Trinajstić information content (AvgIpc) is 3.50. The van der Waals surface area contributed by atoms with Gasteiger partial charge in [-0.05, 0) is 67.9 Å². The monoisotopic (exact) mass is 609 g/mol. The molecule has 2 N–H and O–H groups in total. The number of nitriles is 1. The largest absolute Gasteiger partial charge is 0.393 e. The zero-order valence-corrected chi connectivity index (χ0v) is 25.0. The number of carbonyl (C=O) groups is 1. The minimum absolute atomic E-state index is 0.00293. The van der Waals surface area contributed by atoms with Crippen molar-refractivity contribution in [3.8, 4) is 6.07 Å². The molecule has 8 nitrogen and oxygen atoms in total. The average molecular weight is 610 g/mol. The second-order valence-corrected chi connectivity index (χ2v) is 13.0. The number of amides is 1. The first-order valence-electron chi connectivity index (χ1n) is 14.6. The fourth-order valence-electron chi connectivity index (χ4n) is 6.51. The molecular weight excluding hydrogens is 575 g/mol. The Hall–Kier alpha value is -3.69. The predicted molar refractivity (Wildman–Crippen MR) is 161 cm³/mol. The van der Waals surface area contributed by atoms with Crippen LogP contribution in [0.3, 0.4) is 0 Å². The Kier molecular flexibility index (Phi) is 8.04. The van der Waals surface area contributed by atoms with E-state index in [4.69, 9.17) is 0 Å². The Morgan fingerprint density at radius 3 is 2.60 bits per heavy atom. The molecule has 4 aromatic rings. The number of nitrogens with one attached hydrogen (secondary N) is 2. The topological polar surface area (TPSA) is 98.9 Å². The van der Waals surface area contributed by atoms with Crippen molar-refractivity contribution in [2.75, 3.05) is 18.4 Å². The number of aromatic nitrogens is 3. The number of hydrogen-bond donors (Lipinski definition) is 2. The summed E-state index contributed by atoms with van der Waals surface area (Å²) < 4.78 is 40.8. The first kappa shape index (κ1) is 29.4. The highest BCUT2D eigenvalue weighted by molar-refractivity contribution is 7.18. The fraction of sp³-hybridized carbons (Fsp3) is 0.484. The van der Waals surface area contributed by atoms with Crippen molar-refractivity contribution in [3.05, 3.63) is 52.3 Å². The first-order valence-corrected chi connectivity index (χ1v) is 15.5. The maximum atomic E-state index is 12.9. The first-order chi connectivity index (χ1) is 20.6. The van der Waals surface area contributed by atoms with Gasteiger partial charge in [-0.15, -0.1) is 11.3 Å². The van der Waals surface area contributed by atoms with Crippen LogP contribution in [0.4, 0.5) is 19.0 Å². The molecule has 226 valence electrons. The van der Waals surface area contributed by atoms with Crippen LogP contribution in [0, 0.1) is 24.2 Å². The van der Waals surface area contributed by atoms with E-state index in [9.17, 15) is 23.2 Å². The predicted octanol–water partition coefficient (Wildman–Crippen LogP) is 5.92. The maximum Gasteiger partial charge on any atom is 0.393 e. The van der Waals surface area contributed by atoms with Crippen LogP contribution in [0.25, 0.3) is 21.1 Å². The van der Waals surface area contributed by atoms with Crippen LogP contribution in [-0.4, -0.2) is 56.7 Å². The van der Waals surface area contributed by atoms with Crippen molar-refractivity contribution >= 4 is 44.2 Å². The molecule has 0 atom stereocenters. The van der Waals surface area contributed by atoms with Crippen molar-refractivity contribution in [3.63, 3.8) is 0 Å². The molecule has 1 amide bonds. The number of alkyl halides is 3. The van der Waals surface area contributed by atoms with Gasteiger partial charge in [-0.2, -0.15) is 18.4 Å². The van der Waals surface area contributed by atoms with E-state index in [-0.39, 0.29) is 22.9 Å². The number of nitrogens with zero attached hydrogens (tertiary/aromatic N) is 5. The molecule has 0 unspecified atom stereocenters. The van der Waals surface area contributed by atoms with E-state index in [2.05, 4.69) is 55.2 Å². The quantitative estimate of drug-likeness (QED) is 0.257. The second-order valence-electron chi connectivity index (χ2n) is 11.9. The third-order valence-corrected chi connectivity index (χ3v) is 9.79. The smallest absolute Gasteiger partial charge is 0.367 e. The summed E-state index contributed by atoms with van der Waals surface area (Å²) in [5.74, 6) is 1.04. The van der Waals surface area contributed by atoms with Crippen LogP contribution in [0.1, 0.15) is 54.3 Å². The van der Waals surface area contributed by atoms with Gasteiger partial charge < -0.3 is 15.2 Å². The lowest BCUT2D eigenvalue weighted by Gasteiger charge is -2.36. The van der Waals surface area contributed by atoms with Gasteiger partial charge in [0.15, 0.2) is 0 Å². The number of rotatable bonds is 8. The standard InChI is InChI=1S/C31H34F3N7OS/c1-18-21(3-4-28-26(18)11-24(14-35)41(28)15-20-9-23(10-20)38-19(2)42)16-40-7-5-22(6-8-40)39-29-27-12-25(13-31(32,33)34)43-30(27)37-17-36-29/h3-4,11-12,17,20,22-23H,5-10,13,15-16H2,1-2H3,(H,38,42)(H,36,37,39)/t20-,23+. The zero-order chi connectivity index (χ0) is 30.3. The van der Waals surface area contributed by atoms with Crippen molar-refractivity contribution in [1.82, 2.24) is 24.8 Å². The van der Waals surface area contributed by atoms with E-state index >= 15 is 0 Å². The summed E-state index contributed by atoms with van der Waals surface area (Å²) >= 11 is 1.06. The number of fused-ring (bicyclic) bond motifs is 2. The van der Waals surface area contributed by atoms with Crippen molar-refractivity contribution < 1.29 is 18.0 Å². The Morgan fingerprint density at radius 2 is 1.91 bits per heavy atom. The number of hydrogen-bond acceptors (Lipinski definition) is 7. The molecule has 12 heteroatoms. The highest BCUT2D eigenvalue weighted by atomic mass is 32.1. The summed E-state index contributed by atoms with van der Waals surface area (Å²) in [4.78, 5) is 23.1. The number of likely N-dealkylation sites (tertiary alicyclic amines) is 1. The molecular formula is C31H34F3N7OS. The minimum Gasteiger partial charge on any atom is -0.367 e. The van der Waals surface area contributed by atoms with E-state index in [0.29, 0.717) is 27.6 Å². The van der Waals surface area contributed by atoms with Crippen LogP contribution in [0.2, 0.25) is 0 Å². The molecule has 1 aliphatic carbocycles. The van der Waals surface area contributed by atoms with E-state index in [1.807, 2.05) is 6.07 Å². The number of carbonyl (C=O) groups excluding carboxylic acids is 1. The third-order valence-electron chi connectivity index (χ3n) is 8.74. The van der Waals surface area contributed by atoms with Gasteiger partial charge in [0, 0.05) is 61.0 Å². The lowest BCUT2D eigenvalue weighted by atomic mass is 9.80. The van der Waals surface area contributed by atoms with Crippen molar-refractivity contribution in [2.24, 2.45) is 5.92 Å². The molecule has 4 heterocycles. The van der Waals surface area contributed by atoms with Crippen LogP contribution >= 0.6 is 11.3 Å². The molecule has 0 radical (unpaired) electrons. The van der Waals surface area contributed by atoms with E-state index in [0.717, 1.165) is 74.1 Å². The van der Waals surface area contributed by atoms with E-state index < -0.39 is 12.6 Å². The highest BCUT2D eigenvalue weighted by Gasteiger charge is 2.31. The lowest BCUT2D eigenvalue weighted by molar-refractivity contribution is -0.126. The Bertz CT molecular complexity index is 1690. The van der Waals surface area contributed by atoms with Gasteiger partial charge in [0.25, 0.3) is 0 Å². The Morgan fingerprint density at radius 1 is 1.14 bits per heavy atom. The number of thiophene rings is 1. The molecule has 0 spiro atoms. The lowest BCUT2D eigenvalue weighted by Crippen LogP contribution is -2.44. The summed E-state index contributed by atoms with van der Waals surface area (Å²) in [6.45, 7) is 7.02. The molecule has 0 bridgehead atoms. The molecule has 1 aliphatic heterocycles. The summed E-state index contributed by atoms with van der Waals surface area (Å²) in [6.07, 6.45) is -0.159. The summed E-state index contributed by atoms with van der Waals surface area (Å²) in [7, 11) is 0. The van der Waals surface area contributed by atoms with E-state index in [1.165, 1.54) is 17.5 Å². The van der Waals surface area contributed by atoms with Crippen molar-refractivity contribution in [2.45, 2.75) is 77.3 Å². The van der Waals surface area contributed by atoms with Gasteiger partial charge in [0.05, 0.1) is 11.8 Å². The van der Waals surface area contributed by atoms with Gasteiger partial charge in [-0.25, -0.2) is 9.97 Å². The summed E-state index contributed by atoms with van der Waals surface area (Å²) in [5.41, 5.74) is 4.17.